The van der Waals surface area contributed by atoms with Crippen LogP contribution in [-0.4, -0.2) is 10.2 Å². The summed E-state index contributed by atoms with van der Waals surface area (Å²) < 4.78 is 0. The van der Waals surface area contributed by atoms with Gasteiger partial charge in [-0.2, -0.15) is 0 Å². The summed E-state index contributed by atoms with van der Waals surface area (Å²) in [6.07, 6.45) is 1.86. The molecule has 0 amide bonds. The van der Waals surface area contributed by atoms with Crippen molar-refractivity contribution < 1.29 is 0 Å². The Morgan fingerprint density at radius 1 is 1.00 bits per heavy atom. The third kappa shape index (κ3) is 2.08. The van der Waals surface area contributed by atoms with Gasteiger partial charge in [-0.3, -0.25) is 0 Å². The van der Waals surface area contributed by atoms with Gasteiger partial charge in [0, 0.05) is 0 Å². The second-order valence-electron chi connectivity index (χ2n) is 3.38. The van der Waals surface area contributed by atoms with E-state index in [2.05, 4.69) is 41.1 Å². The molecule has 0 aliphatic rings. The van der Waals surface area contributed by atoms with Crippen LogP contribution in [0.5, 0.6) is 0 Å². The maximum Gasteiger partial charge on any atom is 0.0720 e. The Hall–Kier alpha value is -1.60. The first-order valence-corrected chi connectivity index (χ1v) is 5.35. The molecule has 0 spiro atoms. The highest BCUT2D eigenvalue weighted by atomic mass is 28.1. The molecule has 0 aliphatic heterocycles. The SMILES string of the molecule is C=Cc1ccc([Si])c(-c2ccccc2)c1. The minimum absolute atomic E-state index is 1.10. The van der Waals surface area contributed by atoms with E-state index in [-0.39, 0.29) is 0 Å². The third-order valence-electron chi connectivity index (χ3n) is 2.36. The molecule has 0 atom stereocenters. The van der Waals surface area contributed by atoms with Gasteiger partial charge in [0.15, 0.2) is 0 Å². The standard InChI is InChI=1S/C14H11Si/c1-2-11-8-9-14(15)13(10-11)12-6-4-3-5-7-12/h2-10H,1H2. The van der Waals surface area contributed by atoms with Gasteiger partial charge in [-0.05, 0) is 22.8 Å². The molecule has 0 unspecified atom stereocenters. The van der Waals surface area contributed by atoms with E-state index < -0.39 is 0 Å². The van der Waals surface area contributed by atoms with Gasteiger partial charge in [0.25, 0.3) is 0 Å². The molecule has 0 aromatic heterocycles. The number of hydrogen-bond acceptors (Lipinski definition) is 0. The van der Waals surface area contributed by atoms with Gasteiger partial charge in [-0.25, -0.2) is 0 Å². The minimum atomic E-state index is 1.10. The van der Waals surface area contributed by atoms with Crippen molar-refractivity contribution in [2.45, 2.75) is 0 Å². The summed E-state index contributed by atoms with van der Waals surface area (Å²) in [5.41, 5.74) is 3.55. The van der Waals surface area contributed by atoms with E-state index in [1.54, 1.807) is 0 Å². The van der Waals surface area contributed by atoms with Crippen LogP contribution in [0, 0.1) is 0 Å². The molecule has 2 aromatic rings. The molecule has 0 N–H and O–H groups in total. The summed E-state index contributed by atoms with van der Waals surface area (Å²) in [6.45, 7) is 3.78. The molecule has 2 rings (SSSR count). The third-order valence-corrected chi connectivity index (χ3v) is 2.80. The van der Waals surface area contributed by atoms with Gasteiger partial charge in [-0.1, -0.05) is 60.3 Å². The number of rotatable bonds is 2. The van der Waals surface area contributed by atoms with E-state index in [1.807, 2.05) is 30.3 Å². The van der Waals surface area contributed by atoms with Crippen LogP contribution >= 0.6 is 0 Å². The van der Waals surface area contributed by atoms with Crippen LogP contribution < -0.4 is 5.19 Å². The topological polar surface area (TPSA) is 0 Å². The van der Waals surface area contributed by atoms with E-state index >= 15 is 0 Å². The fourth-order valence-corrected chi connectivity index (χ4v) is 1.85. The molecule has 0 aliphatic carbocycles. The van der Waals surface area contributed by atoms with Crippen molar-refractivity contribution in [3.05, 3.63) is 60.7 Å². The molecular weight excluding hydrogens is 196 g/mol. The summed E-state index contributed by atoms with van der Waals surface area (Å²) in [5, 5.41) is 1.10. The van der Waals surface area contributed by atoms with Crippen LogP contribution in [0.1, 0.15) is 5.56 Å². The summed E-state index contributed by atoms with van der Waals surface area (Å²) >= 11 is 0. The zero-order valence-electron chi connectivity index (χ0n) is 8.40. The lowest BCUT2D eigenvalue weighted by molar-refractivity contribution is 1.63. The molecule has 0 heterocycles. The van der Waals surface area contributed by atoms with E-state index in [9.17, 15) is 0 Å². The number of hydrogen-bond donors (Lipinski definition) is 0. The maximum atomic E-state index is 3.78. The highest BCUT2D eigenvalue weighted by Crippen LogP contribution is 2.18. The van der Waals surface area contributed by atoms with Crippen LogP contribution in [-0.2, 0) is 0 Å². The van der Waals surface area contributed by atoms with Gasteiger partial charge >= 0.3 is 0 Å². The highest BCUT2D eigenvalue weighted by Gasteiger charge is 2.00. The Morgan fingerprint density at radius 3 is 2.40 bits per heavy atom. The van der Waals surface area contributed by atoms with E-state index in [0.29, 0.717) is 0 Å². The average Bonchev–Trinajstić information content (AvgIpc) is 2.31. The largest absolute Gasteiger partial charge is 0.0985 e. The van der Waals surface area contributed by atoms with Crippen molar-refractivity contribution in [1.82, 2.24) is 0 Å². The zero-order chi connectivity index (χ0) is 10.7. The van der Waals surface area contributed by atoms with Crippen LogP contribution in [0.2, 0.25) is 0 Å². The summed E-state index contributed by atoms with van der Waals surface area (Å²) in [6, 6.07) is 16.5. The predicted octanol–water partition coefficient (Wildman–Crippen LogP) is 2.79. The average molecular weight is 207 g/mol. The van der Waals surface area contributed by atoms with Gasteiger partial charge in [0.1, 0.15) is 0 Å². The molecule has 0 saturated heterocycles. The van der Waals surface area contributed by atoms with Crippen molar-refractivity contribution >= 4 is 21.5 Å². The molecular formula is C14H11Si. The Bertz CT molecular complexity index is 472. The predicted molar refractivity (Wildman–Crippen MR) is 67.4 cm³/mol. The van der Waals surface area contributed by atoms with E-state index in [4.69, 9.17) is 0 Å². The van der Waals surface area contributed by atoms with Gasteiger partial charge < -0.3 is 0 Å². The van der Waals surface area contributed by atoms with E-state index in [1.165, 1.54) is 11.1 Å². The minimum Gasteiger partial charge on any atom is -0.0985 e. The van der Waals surface area contributed by atoms with Crippen molar-refractivity contribution in [3.8, 4) is 11.1 Å². The molecule has 15 heavy (non-hydrogen) atoms. The Kier molecular flexibility index (Phi) is 2.83. The Morgan fingerprint density at radius 2 is 1.73 bits per heavy atom. The zero-order valence-corrected chi connectivity index (χ0v) is 9.40. The molecule has 3 radical (unpaired) electrons. The second kappa shape index (κ2) is 4.28. The molecule has 1 heteroatoms. The van der Waals surface area contributed by atoms with Gasteiger partial charge in [0.05, 0.1) is 10.2 Å². The number of benzene rings is 2. The first kappa shape index (κ1) is 9.93. The lowest BCUT2D eigenvalue weighted by Crippen LogP contribution is -2.06. The molecule has 71 valence electrons. The first-order chi connectivity index (χ1) is 7.31. The fourth-order valence-electron chi connectivity index (χ4n) is 1.55. The van der Waals surface area contributed by atoms with Gasteiger partial charge in [0.2, 0.25) is 0 Å². The Labute approximate surface area is 93.7 Å². The quantitative estimate of drug-likeness (QED) is 0.664. The fraction of sp³-hybridized carbons (Fsp3) is 0. The first-order valence-electron chi connectivity index (χ1n) is 4.85. The summed E-state index contributed by atoms with van der Waals surface area (Å²) in [5.74, 6) is 0. The summed E-state index contributed by atoms with van der Waals surface area (Å²) in [7, 11) is 3.61. The second-order valence-corrected chi connectivity index (χ2v) is 3.91. The molecule has 2 aromatic carbocycles. The van der Waals surface area contributed by atoms with Crippen molar-refractivity contribution in [2.24, 2.45) is 0 Å². The van der Waals surface area contributed by atoms with Crippen LogP contribution in [0.15, 0.2) is 55.1 Å². The lowest BCUT2D eigenvalue weighted by atomic mass is 10.0. The molecule has 0 saturated carbocycles. The van der Waals surface area contributed by atoms with Crippen molar-refractivity contribution in [3.63, 3.8) is 0 Å². The maximum absolute atomic E-state index is 3.78. The van der Waals surface area contributed by atoms with Crippen LogP contribution in [0.4, 0.5) is 0 Å². The van der Waals surface area contributed by atoms with Crippen LogP contribution in [0.3, 0.4) is 0 Å². The molecule has 0 nitrogen and oxygen atoms in total. The van der Waals surface area contributed by atoms with Crippen LogP contribution in [0.25, 0.3) is 17.2 Å². The summed E-state index contributed by atoms with van der Waals surface area (Å²) in [4.78, 5) is 0. The lowest BCUT2D eigenvalue weighted by Gasteiger charge is -2.07. The monoisotopic (exact) mass is 207 g/mol. The molecule has 0 bridgehead atoms. The van der Waals surface area contributed by atoms with E-state index in [0.717, 1.165) is 10.8 Å². The Balaban J connectivity index is 2.57. The van der Waals surface area contributed by atoms with Crippen molar-refractivity contribution in [1.29, 1.82) is 0 Å². The van der Waals surface area contributed by atoms with Gasteiger partial charge in [-0.15, -0.1) is 0 Å². The smallest absolute Gasteiger partial charge is 0.0720 e. The highest BCUT2D eigenvalue weighted by molar-refractivity contribution is 6.36. The molecule has 0 fully saturated rings. The van der Waals surface area contributed by atoms with Crippen molar-refractivity contribution in [2.75, 3.05) is 0 Å². The normalized spacial score (nSPS) is 9.93.